The molecular weight excluding hydrogens is 272 g/mol. The fraction of sp³-hybridized carbons (Fsp3) is 0.467. The third-order valence-corrected chi connectivity index (χ3v) is 4.04. The van der Waals surface area contributed by atoms with Gasteiger partial charge in [-0.2, -0.15) is 0 Å². The van der Waals surface area contributed by atoms with Crippen LogP contribution in [0, 0.1) is 5.41 Å². The number of anilines is 1. The van der Waals surface area contributed by atoms with Gasteiger partial charge in [-0.1, -0.05) is 20.3 Å². The molecule has 6 heteroatoms. The number of urea groups is 1. The Balaban J connectivity index is 2.08. The molecule has 4 N–H and O–H groups in total. The van der Waals surface area contributed by atoms with Crippen LogP contribution in [0.4, 0.5) is 10.5 Å². The molecule has 1 aromatic carbocycles. The number of phenols is 1. The van der Waals surface area contributed by atoms with E-state index in [9.17, 15) is 14.7 Å². The van der Waals surface area contributed by atoms with Crippen LogP contribution >= 0.6 is 0 Å². The van der Waals surface area contributed by atoms with Crippen molar-refractivity contribution in [1.29, 1.82) is 0 Å². The van der Waals surface area contributed by atoms with Gasteiger partial charge in [0.05, 0.1) is 11.3 Å². The second-order valence-electron chi connectivity index (χ2n) is 6.07. The Kier molecular flexibility index (Phi) is 4.06. The molecule has 1 aliphatic carbocycles. The van der Waals surface area contributed by atoms with Crippen molar-refractivity contribution in [3.8, 4) is 5.75 Å². The van der Waals surface area contributed by atoms with E-state index < -0.39 is 12.0 Å². The van der Waals surface area contributed by atoms with E-state index in [1.165, 1.54) is 12.1 Å². The van der Waals surface area contributed by atoms with Gasteiger partial charge < -0.3 is 20.8 Å². The smallest absolute Gasteiger partial charge is 0.337 e. The number of hydrogen-bond acceptors (Lipinski definition) is 3. The van der Waals surface area contributed by atoms with E-state index in [1.54, 1.807) is 0 Å². The van der Waals surface area contributed by atoms with Crippen molar-refractivity contribution in [2.75, 3.05) is 5.32 Å². The molecule has 21 heavy (non-hydrogen) atoms. The Morgan fingerprint density at radius 2 is 2.05 bits per heavy atom. The van der Waals surface area contributed by atoms with Crippen LogP contribution in [0.1, 0.15) is 43.5 Å². The lowest BCUT2D eigenvalue weighted by Crippen LogP contribution is -2.43. The highest BCUT2D eigenvalue weighted by Crippen LogP contribution is 2.37. The van der Waals surface area contributed by atoms with Crippen LogP contribution in [-0.4, -0.2) is 28.3 Å². The van der Waals surface area contributed by atoms with E-state index >= 15 is 0 Å². The standard InChI is InChI=1S/C15H20N2O4/c1-15(2)7-3-4-12(15)17-14(21)16-11-6-5-9(18)8-10(11)13(19)20/h5-6,8,12,18H,3-4,7H2,1-2H3,(H,19,20)(H2,16,17,21). The molecule has 1 fully saturated rings. The highest BCUT2D eigenvalue weighted by molar-refractivity contribution is 6.00. The summed E-state index contributed by atoms with van der Waals surface area (Å²) in [5, 5.41) is 23.8. The lowest BCUT2D eigenvalue weighted by molar-refractivity contribution is 0.0697. The fourth-order valence-corrected chi connectivity index (χ4v) is 2.73. The second-order valence-corrected chi connectivity index (χ2v) is 6.07. The van der Waals surface area contributed by atoms with Gasteiger partial charge >= 0.3 is 12.0 Å². The Bertz CT molecular complexity index is 569. The van der Waals surface area contributed by atoms with Gasteiger partial charge in [0.25, 0.3) is 0 Å². The molecular formula is C15H20N2O4. The van der Waals surface area contributed by atoms with Crippen molar-refractivity contribution >= 4 is 17.7 Å². The van der Waals surface area contributed by atoms with Gasteiger partial charge in [-0.3, -0.25) is 0 Å². The summed E-state index contributed by atoms with van der Waals surface area (Å²) < 4.78 is 0. The lowest BCUT2D eigenvalue weighted by atomic mass is 9.87. The lowest BCUT2D eigenvalue weighted by Gasteiger charge is -2.27. The molecule has 114 valence electrons. The van der Waals surface area contributed by atoms with Crippen LogP contribution in [0.5, 0.6) is 5.75 Å². The van der Waals surface area contributed by atoms with Crippen LogP contribution in [-0.2, 0) is 0 Å². The van der Waals surface area contributed by atoms with Crippen LogP contribution in [0.25, 0.3) is 0 Å². The predicted octanol–water partition coefficient (Wildman–Crippen LogP) is 2.79. The average molecular weight is 292 g/mol. The maximum atomic E-state index is 12.0. The van der Waals surface area contributed by atoms with Gasteiger partial charge in [0.15, 0.2) is 0 Å². The SMILES string of the molecule is CC1(C)CCCC1NC(=O)Nc1ccc(O)cc1C(=O)O. The summed E-state index contributed by atoms with van der Waals surface area (Å²) in [4.78, 5) is 23.2. The first-order chi connectivity index (χ1) is 9.79. The number of aromatic hydroxyl groups is 1. The van der Waals surface area contributed by atoms with Crippen molar-refractivity contribution in [3.63, 3.8) is 0 Å². The summed E-state index contributed by atoms with van der Waals surface area (Å²) in [5.41, 5.74) is 0.0616. The predicted molar refractivity (Wildman–Crippen MR) is 78.6 cm³/mol. The van der Waals surface area contributed by atoms with E-state index in [1.807, 2.05) is 0 Å². The average Bonchev–Trinajstić information content (AvgIpc) is 2.70. The minimum Gasteiger partial charge on any atom is -0.508 e. The van der Waals surface area contributed by atoms with Gasteiger partial charge in [0.1, 0.15) is 5.75 Å². The monoisotopic (exact) mass is 292 g/mol. The van der Waals surface area contributed by atoms with Gasteiger partial charge in [-0.25, -0.2) is 9.59 Å². The zero-order chi connectivity index (χ0) is 15.6. The number of phenolic OH excluding ortho intramolecular Hbond substituents is 1. The Morgan fingerprint density at radius 1 is 1.33 bits per heavy atom. The topological polar surface area (TPSA) is 98.7 Å². The van der Waals surface area contributed by atoms with Crippen molar-refractivity contribution in [3.05, 3.63) is 23.8 Å². The molecule has 2 rings (SSSR count). The minimum absolute atomic E-state index is 0.0436. The Morgan fingerprint density at radius 3 is 2.62 bits per heavy atom. The molecule has 6 nitrogen and oxygen atoms in total. The number of carboxylic acids is 1. The fourth-order valence-electron chi connectivity index (χ4n) is 2.73. The first-order valence-corrected chi connectivity index (χ1v) is 6.93. The molecule has 0 radical (unpaired) electrons. The Hall–Kier alpha value is -2.24. The van der Waals surface area contributed by atoms with Gasteiger partial charge in [-0.05, 0) is 36.5 Å². The number of aromatic carboxylic acids is 1. The quantitative estimate of drug-likeness (QED) is 0.644. The van der Waals surface area contributed by atoms with Gasteiger partial charge in [0, 0.05) is 6.04 Å². The van der Waals surface area contributed by atoms with Crippen molar-refractivity contribution in [2.24, 2.45) is 5.41 Å². The van der Waals surface area contributed by atoms with E-state index in [2.05, 4.69) is 24.5 Å². The van der Waals surface area contributed by atoms with Gasteiger partial charge in [0.2, 0.25) is 0 Å². The largest absolute Gasteiger partial charge is 0.508 e. The molecule has 0 spiro atoms. The van der Waals surface area contributed by atoms with E-state index in [0.29, 0.717) is 0 Å². The van der Waals surface area contributed by atoms with Crippen molar-refractivity contribution in [2.45, 2.75) is 39.2 Å². The van der Waals surface area contributed by atoms with Crippen LogP contribution in [0.15, 0.2) is 18.2 Å². The number of carbonyl (C=O) groups is 2. The number of hydrogen-bond donors (Lipinski definition) is 4. The second kappa shape index (κ2) is 5.63. The molecule has 1 aromatic rings. The molecule has 1 aliphatic rings. The normalized spacial score (nSPS) is 20.0. The van der Waals surface area contributed by atoms with Crippen molar-refractivity contribution < 1.29 is 19.8 Å². The van der Waals surface area contributed by atoms with Crippen LogP contribution in [0.2, 0.25) is 0 Å². The van der Waals surface area contributed by atoms with E-state index in [0.717, 1.165) is 25.3 Å². The van der Waals surface area contributed by atoms with Gasteiger partial charge in [-0.15, -0.1) is 0 Å². The molecule has 1 unspecified atom stereocenters. The summed E-state index contributed by atoms with van der Waals surface area (Å²) in [6, 6.07) is 3.46. The molecule has 1 saturated carbocycles. The number of benzene rings is 1. The number of amides is 2. The molecule has 0 heterocycles. The first kappa shape index (κ1) is 15.2. The third kappa shape index (κ3) is 3.45. The van der Waals surface area contributed by atoms with Crippen molar-refractivity contribution in [1.82, 2.24) is 5.32 Å². The number of carboxylic acid groups (broad SMARTS) is 1. The summed E-state index contributed by atoms with van der Waals surface area (Å²) >= 11 is 0. The van der Waals surface area contributed by atoms with Crippen LogP contribution in [0.3, 0.4) is 0 Å². The number of carbonyl (C=O) groups excluding carboxylic acids is 1. The molecule has 0 bridgehead atoms. The maximum Gasteiger partial charge on any atom is 0.337 e. The highest BCUT2D eigenvalue weighted by Gasteiger charge is 2.35. The zero-order valence-corrected chi connectivity index (χ0v) is 12.1. The molecule has 0 saturated heterocycles. The first-order valence-electron chi connectivity index (χ1n) is 6.93. The molecule has 1 atom stereocenters. The Labute approximate surface area is 123 Å². The van der Waals surface area contributed by atoms with E-state index in [4.69, 9.17) is 5.11 Å². The molecule has 0 aliphatic heterocycles. The van der Waals surface area contributed by atoms with Crippen LogP contribution < -0.4 is 10.6 Å². The summed E-state index contributed by atoms with van der Waals surface area (Å²) in [6.45, 7) is 4.21. The highest BCUT2D eigenvalue weighted by atomic mass is 16.4. The van der Waals surface area contributed by atoms with E-state index in [-0.39, 0.29) is 28.5 Å². The summed E-state index contributed by atoms with van der Waals surface area (Å²) in [6.07, 6.45) is 3.04. The number of rotatable bonds is 3. The third-order valence-electron chi connectivity index (χ3n) is 4.04. The number of nitrogens with one attached hydrogen (secondary N) is 2. The zero-order valence-electron chi connectivity index (χ0n) is 12.1. The molecule has 0 aromatic heterocycles. The summed E-state index contributed by atoms with van der Waals surface area (Å²) in [7, 11) is 0. The maximum absolute atomic E-state index is 12.0. The molecule has 2 amide bonds. The summed E-state index contributed by atoms with van der Waals surface area (Å²) in [5.74, 6) is -1.36. The minimum atomic E-state index is -1.21.